The number of rotatable bonds is 10. The van der Waals surface area contributed by atoms with E-state index in [1.165, 1.54) is 42.2 Å². The number of carbonyl (C=O) groups excluding carboxylic acids is 2. The van der Waals surface area contributed by atoms with Gasteiger partial charge >= 0.3 is 0 Å². The maximum absolute atomic E-state index is 12.7. The lowest BCUT2D eigenvalue weighted by atomic mass is 9.78. The van der Waals surface area contributed by atoms with Gasteiger partial charge in [0.1, 0.15) is 11.6 Å². The van der Waals surface area contributed by atoms with E-state index in [-0.39, 0.29) is 17.0 Å². The predicted molar refractivity (Wildman–Crippen MR) is 147 cm³/mol. The van der Waals surface area contributed by atoms with Gasteiger partial charge in [-0.3, -0.25) is 13.8 Å². The van der Waals surface area contributed by atoms with Gasteiger partial charge in [-0.25, -0.2) is 0 Å². The molecule has 0 heterocycles. The lowest BCUT2D eigenvalue weighted by molar-refractivity contribution is -0.119. The van der Waals surface area contributed by atoms with Gasteiger partial charge in [-0.15, -0.1) is 11.8 Å². The molecule has 190 valence electrons. The fourth-order valence-electron chi connectivity index (χ4n) is 4.70. The maximum Gasteiger partial charge on any atom is 0.145 e. The quantitative estimate of drug-likeness (QED) is 0.402. The lowest BCUT2D eigenvalue weighted by Gasteiger charge is -2.28. The molecule has 1 aromatic rings. The smallest absolute Gasteiger partial charge is 0.145 e. The van der Waals surface area contributed by atoms with Gasteiger partial charge in [-0.2, -0.15) is 0 Å². The lowest BCUT2D eigenvalue weighted by Crippen LogP contribution is -2.23. The first-order valence-corrected chi connectivity index (χ1v) is 14.8. The van der Waals surface area contributed by atoms with Crippen molar-refractivity contribution >= 4 is 34.1 Å². The van der Waals surface area contributed by atoms with Gasteiger partial charge in [-0.05, 0) is 58.1 Å². The highest BCUT2D eigenvalue weighted by Gasteiger charge is 2.24. The van der Waals surface area contributed by atoms with Crippen LogP contribution in [0.2, 0.25) is 0 Å². The zero-order valence-electron chi connectivity index (χ0n) is 21.1. The summed E-state index contributed by atoms with van der Waals surface area (Å²) in [6.45, 7) is 10.0. The molecule has 3 atom stereocenters. The van der Waals surface area contributed by atoms with Crippen molar-refractivity contribution in [2.75, 3.05) is 11.5 Å². The molecule has 2 N–H and O–H groups in total. The molecule has 4 nitrogen and oxygen atoms in total. The SMILES string of the molecule is C=CS/C(=C\Cc1ccc2c(c1)CCC(=O)C2)CS(=O)CC(=O)CC1CCCC[C@H]1C.CC.O. The summed E-state index contributed by atoms with van der Waals surface area (Å²) < 4.78 is 12.7. The van der Waals surface area contributed by atoms with Crippen LogP contribution in [-0.4, -0.2) is 32.8 Å². The Hall–Kier alpha value is -1.50. The number of hydrogen-bond donors (Lipinski definition) is 0. The Balaban J connectivity index is 0.00000188. The van der Waals surface area contributed by atoms with Gasteiger partial charge in [0, 0.05) is 30.1 Å². The van der Waals surface area contributed by atoms with Crippen LogP contribution in [0, 0.1) is 11.8 Å². The minimum absolute atomic E-state index is 0. The zero-order chi connectivity index (χ0) is 24.2. The first-order valence-electron chi connectivity index (χ1n) is 12.4. The third kappa shape index (κ3) is 10.0. The van der Waals surface area contributed by atoms with Crippen LogP contribution in [-0.2, 0) is 39.7 Å². The van der Waals surface area contributed by atoms with Crippen molar-refractivity contribution in [2.45, 2.75) is 78.6 Å². The Morgan fingerprint density at radius 3 is 2.59 bits per heavy atom. The summed E-state index contributed by atoms with van der Waals surface area (Å²) in [7, 11) is -1.19. The highest BCUT2D eigenvalue weighted by atomic mass is 32.2. The molecular weight excluding hydrogens is 464 g/mol. The van der Waals surface area contributed by atoms with E-state index in [0.717, 1.165) is 29.7 Å². The fourth-order valence-corrected chi connectivity index (χ4v) is 6.78. The normalized spacial score (nSPS) is 20.8. The van der Waals surface area contributed by atoms with Crippen LogP contribution in [0.1, 0.15) is 76.0 Å². The largest absolute Gasteiger partial charge is 0.412 e. The van der Waals surface area contributed by atoms with Gasteiger partial charge in [0.05, 0.1) is 11.5 Å². The van der Waals surface area contributed by atoms with Crippen molar-refractivity contribution in [1.29, 1.82) is 0 Å². The average molecular weight is 507 g/mol. The minimum atomic E-state index is -1.19. The Bertz CT molecular complexity index is 875. The van der Waals surface area contributed by atoms with Crippen molar-refractivity contribution < 1.29 is 19.3 Å². The molecule has 2 aliphatic carbocycles. The van der Waals surface area contributed by atoms with Gasteiger partial charge in [0.15, 0.2) is 0 Å². The van der Waals surface area contributed by atoms with E-state index in [1.807, 2.05) is 13.8 Å². The van der Waals surface area contributed by atoms with Crippen molar-refractivity contribution in [1.82, 2.24) is 0 Å². The number of aryl methyl sites for hydroxylation is 1. The first kappa shape index (κ1) is 30.5. The molecule has 1 aromatic carbocycles. The standard InChI is InChI=1S/C26H34O3S2.C2H6.H2O/c1-3-30-26(13-9-20-8-10-23-16-24(27)12-11-22(23)14-20)18-31(29)17-25(28)15-21-7-5-4-6-19(21)2;1-2;/h3,8,10,13-14,19,21H,1,4-7,9,11-12,15-18H2,2H3;1-2H3;1H2/b26-13-;;/t19-,21?,31?;;/m1../s1. The number of benzene rings is 1. The van der Waals surface area contributed by atoms with Crippen LogP contribution in [0.4, 0.5) is 0 Å². The van der Waals surface area contributed by atoms with E-state index in [9.17, 15) is 13.8 Å². The Kier molecular flexibility index (Phi) is 14.6. The molecule has 2 unspecified atom stereocenters. The average Bonchev–Trinajstić information content (AvgIpc) is 2.80. The maximum atomic E-state index is 12.7. The second kappa shape index (κ2) is 16.2. The van der Waals surface area contributed by atoms with Crippen LogP contribution in [0.3, 0.4) is 0 Å². The summed E-state index contributed by atoms with van der Waals surface area (Å²) in [6, 6.07) is 6.34. The molecule has 3 rings (SSSR count). The van der Waals surface area contributed by atoms with Crippen LogP contribution in [0.5, 0.6) is 0 Å². The van der Waals surface area contributed by atoms with Gasteiger partial charge < -0.3 is 5.48 Å². The molecule has 34 heavy (non-hydrogen) atoms. The topological polar surface area (TPSA) is 82.7 Å². The molecule has 0 saturated heterocycles. The summed E-state index contributed by atoms with van der Waals surface area (Å²) in [5, 5.41) is 1.76. The molecule has 1 saturated carbocycles. The Labute approximate surface area is 212 Å². The summed E-state index contributed by atoms with van der Waals surface area (Å²) in [4.78, 5) is 25.1. The van der Waals surface area contributed by atoms with Gasteiger partial charge in [0.2, 0.25) is 0 Å². The molecule has 6 heteroatoms. The van der Waals surface area contributed by atoms with E-state index in [2.05, 4.69) is 37.8 Å². The number of thioether (sulfide) groups is 1. The van der Waals surface area contributed by atoms with E-state index in [4.69, 9.17) is 0 Å². The number of hydrogen-bond acceptors (Lipinski definition) is 4. The molecule has 2 aliphatic rings. The van der Waals surface area contributed by atoms with E-state index in [0.29, 0.717) is 42.6 Å². The van der Waals surface area contributed by atoms with Crippen molar-refractivity contribution in [3.63, 3.8) is 0 Å². The van der Waals surface area contributed by atoms with Crippen molar-refractivity contribution in [2.24, 2.45) is 11.8 Å². The fraction of sp³-hybridized carbons (Fsp3) is 0.571. The number of fused-ring (bicyclic) bond motifs is 1. The second-order valence-corrected chi connectivity index (χ2v) is 11.5. The van der Waals surface area contributed by atoms with Crippen LogP contribution in [0.25, 0.3) is 0 Å². The molecule has 1 fully saturated rings. The minimum Gasteiger partial charge on any atom is -0.412 e. The highest BCUT2D eigenvalue weighted by molar-refractivity contribution is 8.06. The molecular formula is C28H42O4S2. The molecule has 0 amide bonds. The third-order valence-electron chi connectivity index (χ3n) is 6.54. The van der Waals surface area contributed by atoms with Crippen molar-refractivity contribution in [3.05, 3.63) is 57.9 Å². The number of allylic oxidation sites excluding steroid dienone is 1. The highest BCUT2D eigenvalue weighted by Crippen LogP contribution is 2.32. The first-order chi connectivity index (χ1) is 15.9. The van der Waals surface area contributed by atoms with E-state index < -0.39 is 10.8 Å². The van der Waals surface area contributed by atoms with Crippen LogP contribution < -0.4 is 0 Å². The molecule has 0 aromatic heterocycles. The molecule has 0 bridgehead atoms. The van der Waals surface area contributed by atoms with Crippen molar-refractivity contribution in [3.8, 4) is 0 Å². The summed E-state index contributed by atoms with van der Waals surface area (Å²) in [6.07, 6.45) is 10.3. The number of ketones is 2. The van der Waals surface area contributed by atoms with E-state index >= 15 is 0 Å². The monoisotopic (exact) mass is 506 g/mol. The van der Waals surface area contributed by atoms with Crippen LogP contribution in [0.15, 0.2) is 41.2 Å². The summed E-state index contributed by atoms with van der Waals surface area (Å²) in [5.74, 6) is 2.10. The van der Waals surface area contributed by atoms with Crippen LogP contribution >= 0.6 is 11.8 Å². The predicted octanol–water partition coefficient (Wildman–Crippen LogP) is 5.78. The summed E-state index contributed by atoms with van der Waals surface area (Å²) >= 11 is 1.49. The van der Waals surface area contributed by atoms with Gasteiger partial charge in [0.25, 0.3) is 0 Å². The molecule has 0 radical (unpaired) electrons. The summed E-state index contributed by atoms with van der Waals surface area (Å²) in [5.41, 5.74) is 3.62. The number of Topliss-reactive ketones (excluding diaryl/α,β-unsaturated/α-hetero) is 2. The Morgan fingerprint density at radius 2 is 1.88 bits per heavy atom. The Morgan fingerprint density at radius 1 is 1.15 bits per heavy atom. The third-order valence-corrected chi connectivity index (χ3v) is 8.78. The van der Waals surface area contributed by atoms with E-state index in [1.54, 1.807) is 5.41 Å². The second-order valence-electron chi connectivity index (χ2n) is 8.97. The zero-order valence-corrected chi connectivity index (χ0v) is 22.7. The van der Waals surface area contributed by atoms with Gasteiger partial charge in [-0.1, -0.05) is 70.9 Å². The number of carbonyl (C=O) groups is 2. The molecule has 0 spiro atoms. The molecule has 0 aliphatic heterocycles.